The molecule has 0 bridgehead atoms. The molecule has 1 aromatic heterocycles. The molecule has 0 saturated heterocycles. The fourth-order valence-corrected chi connectivity index (χ4v) is 5.54. The number of unbranched alkanes of at least 4 members (excludes halogenated alkanes) is 4. The van der Waals surface area contributed by atoms with Crippen LogP contribution in [0.3, 0.4) is 0 Å². The van der Waals surface area contributed by atoms with Crippen molar-refractivity contribution in [1.82, 2.24) is 15.2 Å². The molecule has 5 rings (SSSR count). The van der Waals surface area contributed by atoms with Gasteiger partial charge in [0.25, 0.3) is 0 Å². The SMILES string of the molecule is CCCCCCCSc1nnc2c(n1)OC(c1cc(Cl)c(OCc3ccccc3)c(OC)c1)Nc1ccccc1-2. The predicted molar refractivity (Wildman–Crippen MR) is 161 cm³/mol. The minimum atomic E-state index is -0.597. The third-order valence-electron chi connectivity index (χ3n) is 6.59. The first kappa shape index (κ1) is 28.1. The van der Waals surface area contributed by atoms with Crippen LogP contribution >= 0.6 is 23.4 Å². The Labute approximate surface area is 244 Å². The van der Waals surface area contributed by atoms with Crippen molar-refractivity contribution in [2.75, 3.05) is 18.2 Å². The molecule has 1 atom stereocenters. The first-order valence-corrected chi connectivity index (χ1v) is 15.0. The van der Waals surface area contributed by atoms with E-state index in [1.165, 1.54) is 25.7 Å². The summed E-state index contributed by atoms with van der Waals surface area (Å²) in [5.74, 6) is 2.36. The molecular weight excluding hydrogens is 544 g/mol. The molecule has 40 heavy (non-hydrogen) atoms. The highest BCUT2D eigenvalue weighted by atomic mass is 35.5. The topological polar surface area (TPSA) is 78.4 Å². The van der Waals surface area contributed by atoms with Gasteiger partial charge in [0.05, 0.1) is 12.1 Å². The Kier molecular flexibility index (Phi) is 9.63. The van der Waals surface area contributed by atoms with Gasteiger partial charge in [-0.1, -0.05) is 105 Å². The normalized spacial score (nSPS) is 13.8. The van der Waals surface area contributed by atoms with E-state index in [2.05, 4.69) is 22.4 Å². The molecule has 0 saturated carbocycles. The molecule has 0 radical (unpaired) electrons. The summed E-state index contributed by atoms with van der Waals surface area (Å²) >= 11 is 8.35. The number of fused-ring (bicyclic) bond motifs is 3. The Morgan fingerprint density at radius 3 is 2.60 bits per heavy atom. The van der Waals surface area contributed by atoms with Crippen molar-refractivity contribution in [3.05, 3.63) is 82.9 Å². The lowest BCUT2D eigenvalue weighted by Gasteiger charge is -2.21. The molecule has 0 spiro atoms. The van der Waals surface area contributed by atoms with Crippen LogP contribution in [0.2, 0.25) is 5.02 Å². The maximum atomic E-state index is 6.74. The maximum absolute atomic E-state index is 6.74. The molecule has 0 fully saturated rings. The molecule has 1 unspecified atom stereocenters. The monoisotopic (exact) mass is 576 g/mol. The van der Waals surface area contributed by atoms with Crippen LogP contribution in [-0.2, 0) is 6.61 Å². The number of aromatic nitrogens is 3. The van der Waals surface area contributed by atoms with E-state index >= 15 is 0 Å². The van der Waals surface area contributed by atoms with E-state index in [4.69, 9.17) is 30.8 Å². The Morgan fingerprint density at radius 2 is 1.77 bits per heavy atom. The number of halogens is 1. The second-order valence-electron chi connectivity index (χ2n) is 9.51. The van der Waals surface area contributed by atoms with Gasteiger partial charge in [-0.05, 0) is 30.2 Å². The van der Waals surface area contributed by atoms with Crippen LogP contribution in [0.15, 0.2) is 71.9 Å². The lowest BCUT2D eigenvalue weighted by molar-refractivity contribution is 0.224. The number of hydrogen-bond donors (Lipinski definition) is 1. The molecule has 0 aliphatic carbocycles. The predicted octanol–water partition coefficient (Wildman–Crippen LogP) is 8.35. The van der Waals surface area contributed by atoms with Crippen LogP contribution < -0.4 is 19.5 Å². The number of para-hydroxylation sites is 1. The van der Waals surface area contributed by atoms with E-state index in [0.717, 1.165) is 34.6 Å². The van der Waals surface area contributed by atoms with Gasteiger partial charge in [0.2, 0.25) is 11.0 Å². The number of rotatable bonds is 12. The second kappa shape index (κ2) is 13.7. The van der Waals surface area contributed by atoms with Crippen molar-refractivity contribution < 1.29 is 14.2 Å². The fraction of sp³-hybridized carbons (Fsp3) is 0.323. The molecule has 1 aliphatic rings. The zero-order valence-corrected chi connectivity index (χ0v) is 24.3. The highest BCUT2D eigenvalue weighted by Gasteiger charge is 2.27. The van der Waals surface area contributed by atoms with E-state index in [0.29, 0.717) is 39.9 Å². The molecule has 9 heteroatoms. The number of nitrogens with zero attached hydrogens (tertiary/aromatic N) is 3. The summed E-state index contributed by atoms with van der Waals surface area (Å²) < 4.78 is 18.2. The van der Waals surface area contributed by atoms with Crippen molar-refractivity contribution in [3.8, 4) is 28.6 Å². The molecule has 1 aliphatic heterocycles. The van der Waals surface area contributed by atoms with Gasteiger partial charge in [-0.25, -0.2) is 0 Å². The molecule has 1 N–H and O–H groups in total. The van der Waals surface area contributed by atoms with Crippen molar-refractivity contribution in [1.29, 1.82) is 0 Å². The lowest BCUT2D eigenvalue weighted by atomic mass is 10.1. The summed E-state index contributed by atoms with van der Waals surface area (Å²) in [6, 6.07) is 21.5. The van der Waals surface area contributed by atoms with Crippen molar-refractivity contribution in [3.63, 3.8) is 0 Å². The van der Waals surface area contributed by atoms with Crippen LogP contribution in [0, 0.1) is 0 Å². The second-order valence-corrected chi connectivity index (χ2v) is 11.0. The highest BCUT2D eigenvalue weighted by molar-refractivity contribution is 7.99. The van der Waals surface area contributed by atoms with Gasteiger partial charge >= 0.3 is 0 Å². The third kappa shape index (κ3) is 6.80. The maximum Gasteiger partial charge on any atom is 0.247 e. The van der Waals surface area contributed by atoms with Crippen LogP contribution in [0.25, 0.3) is 11.3 Å². The van der Waals surface area contributed by atoms with E-state index in [1.54, 1.807) is 18.9 Å². The van der Waals surface area contributed by atoms with Crippen LogP contribution in [0.5, 0.6) is 17.4 Å². The number of benzene rings is 3. The Bertz CT molecular complexity index is 1420. The first-order chi connectivity index (χ1) is 19.7. The molecule has 4 aromatic rings. The van der Waals surface area contributed by atoms with Gasteiger partial charge in [0.1, 0.15) is 6.61 Å². The van der Waals surface area contributed by atoms with E-state index < -0.39 is 6.23 Å². The van der Waals surface area contributed by atoms with E-state index in [9.17, 15) is 0 Å². The van der Waals surface area contributed by atoms with Gasteiger partial charge in [0.15, 0.2) is 23.4 Å². The Morgan fingerprint density at radius 1 is 0.975 bits per heavy atom. The summed E-state index contributed by atoms with van der Waals surface area (Å²) in [5, 5.41) is 13.4. The summed E-state index contributed by atoms with van der Waals surface area (Å²) in [7, 11) is 1.60. The van der Waals surface area contributed by atoms with E-state index in [1.807, 2.05) is 66.7 Å². The average molecular weight is 577 g/mol. The lowest BCUT2D eigenvalue weighted by Crippen LogP contribution is -2.17. The quantitative estimate of drug-likeness (QED) is 0.133. The molecular formula is C31H33ClN4O3S. The number of thioether (sulfide) groups is 1. The number of nitrogens with one attached hydrogen (secondary N) is 1. The first-order valence-electron chi connectivity index (χ1n) is 13.6. The fourth-order valence-electron chi connectivity index (χ4n) is 4.49. The van der Waals surface area contributed by atoms with Crippen LogP contribution in [0.4, 0.5) is 5.69 Å². The Hall–Kier alpha value is -3.49. The third-order valence-corrected chi connectivity index (χ3v) is 7.80. The molecule has 208 valence electrons. The number of anilines is 1. The van der Waals surface area contributed by atoms with Gasteiger partial charge in [0, 0.05) is 22.6 Å². The largest absolute Gasteiger partial charge is 0.493 e. The summed E-state index contributed by atoms with van der Waals surface area (Å²) in [5.41, 5.74) is 4.13. The van der Waals surface area contributed by atoms with Crippen molar-refractivity contribution in [2.45, 2.75) is 57.0 Å². The number of methoxy groups -OCH3 is 1. The molecule has 7 nitrogen and oxygen atoms in total. The summed E-state index contributed by atoms with van der Waals surface area (Å²) in [4.78, 5) is 4.77. The van der Waals surface area contributed by atoms with Crippen molar-refractivity contribution >= 4 is 29.1 Å². The minimum Gasteiger partial charge on any atom is -0.493 e. The zero-order chi connectivity index (χ0) is 27.7. The summed E-state index contributed by atoms with van der Waals surface area (Å²) in [6.45, 7) is 2.60. The zero-order valence-electron chi connectivity index (χ0n) is 22.7. The van der Waals surface area contributed by atoms with Crippen molar-refractivity contribution in [2.24, 2.45) is 0 Å². The standard InChI is InChI=1S/C31H33ClN4O3S/c1-3-4-5-6-12-17-40-31-34-30-27(35-36-31)23-15-10-11-16-25(23)33-29(39-30)22-18-24(32)28(26(19-22)37-2)38-20-21-13-8-7-9-14-21/h7-11,13-16,18-19,29,33H,3-6,12,17,20H2,1-2H3. The molecule has 3 aromatic carbocycles. The van der Waals surface area contributed by atoms with Gasteiger partial charge in [-0.15, -0.1) is 10.2 Å². The molecule has 2 heterocycles. The van der Waals surface area contributed by atoms with Gasteiger partial charge in [-0.3, -0.25) is 0 Å². The smallest absolute Gasteiger partial charge is 0.247 e. The number of hydrogen-bond acceptors (Lipinski definition) is 8. The minimum absolute atomic E-state index is 0.372. The van der Waals surface area contributed by atoms with Crippen LogP contribution in [-0.4, -0.2) is 28.0 Å². The average Bonchev–Trinajstić information content (AvgIpc) is 3.15. The highest BCUT2D eigenvalue weighted by Crippen LogP contribution is 2.43. The van der Waals surface area contributed by atoms with Gasteiger partial charge < -0.3 is 19.5 Å². The van der Waals surface area contributed by atoms with Gasteiger partial charge in [-0.2, -0.15) is 4.98 Å². The van der Waals surface area contributed by atoms with E-state index in [-0.39, 0.29) is 0 Å². The van der Waals surface area contributed by atoms with Crippen LogP contribution in [0.1, 0.15) is 56.4 Å². The molecule has 0 amide bonds. The summed E-state index contributed by atoms with van der Waals surface area (Å²) in [6.07, 6.45) is 5.51. The Balaban J connectivity index is 1.40. The number of ether oxygens (including phenoxy) is 3.